The maximum absolute atomic E-state index is 12.1. The number of quaternary nitrogens is 2. The molecule has 0 spiro atoms. The molecule has 1 aliphatic heterocycles. The van der Waals surface area contributed by atoms with Crippen LogP contribution in [0.1, 0.15) is 149 Å². The molecule has 10 unspecified atom stereocenters. The number of unbranched alkanes of at least 4 members (excludes halogenated alkanes) is 4. The molecule has 4 rings (SSSR count). The summed E-state index contributed by atoms with van der Waals surface area (Å²) < 4.78 is 0. The molecule has 1 heterocycles. The monoisotopic (exact) mass is 663 g/mol. The van der Waals surface area contributed by atoms with Crippen molar-refractivity contribution in [2.45, 2.75) is 178 Å². The van der Waals surface area contributed by atoms with Crippen molar-refractivity contribution in [2.75, 3.05) is 13.1 Å². The molecule has 0 radical (unpaired) electrons. The van der Waals surface area contributed by atoms with Gasteiger partial charge in [0.2, 0.25) is 0 Å². The number of aliphatic hydroxyl groups excluding tert-OH is 2. The van der Waals surface area contributed by atoms with Crippen LogP contribution in [0.15, 0.2) is 12.2 Å². The Kier molecular flexibility index (Phi) is 15.5. The van der Waals surface area contributed by atoms with Crippen LogP contribution >= 0.6 is 0 Å². The summed E-state index contributed by atoms with van der Waals surface area (Å²) in [5.74, 6) is 0.0533. The van der Waals surface area contributed by atoms with Gasteiger partial charge in [0.1, 0.15) is 6.17 Å². The van der Waals surface area contributed by atoms with Crippen molar-refractivity contribution in [1.29, 1.82) is 0 Å². The Morgan fingerprint density at radius 2 is 1.79 bits per heavy atom. The minimum absolute atomic E-state index is 0.178. The molecule has 0 bridgehead atoms. The summed E-state index contributed by atoms with van der Waals surface area (Å²) in [6, 6.07) is 0. The van der Waals surface area contributed by atoms with E-state index >= 15 is 0 Å². The molecule has 8 nitrogen and oxygen atoms in total. The van der Waals surface area contributed by atoms with E-state index in [0.29, 0.717) is 48.5 Å². The lowest BCUT2D eigenvalue weighted by Gasteiger charge is -2.30. The van der Waals surface area contributed by atoms with E-state index in [1.807, 2.05) is 0 Å². The van der Waals surface area contributed by atoms with Crippen molar-refractivity contribution >= 4 is 5.97 Å². The van der Waals surface area contributed by atoms with Gasteiger partial charge < -0.3 is 35.9 Å². The molecular formula is C39H72N3O5+. The highest BCUT2D eigenvalue weighted by Crippen LogP contribution is 2.46. The lowest BCUT2D eigenvalue weighted by molar-refractivity contribution is -0.728. The predicted octanol–water partition coefficient (Wildman–Crippen LogP) is 2.88. The summed E-state index contributed by atoms with van der Waals surface area (Å²) in [7, 11) is 0. The summed E-state index contributed by atoms with van der Waals surface area (Å²) in [6.07, 6.45) is 23.6. The topological polar surface area (TPSA) is 160 Å². The molecular weight excluding hydrogens is 590 g/mol. The lowest BCUT2D eigenvalue weighted by Crippen LogP contribution is -2.96. The Hall–Kier alpha value is -1.03. The molecule has 3 fully saturated rings. The number of carboxylic acid groups (broad SMARTS) is 1. The Morgan fingerprint density at radius 1 is 1.04 bits per heavy atom. The number of piperidine rings is 1. The summed E-state index contributed by atoms with van der Waals surface area (Å²) in [5.41, 5.74) is 5.74. The molecule has 2 saturated carbocycles. The smallest absolute Gasteiger partial charge is 0.137 e. The first-order valence-electron chi connectivity index (χ1n) is 19.9. The van der Waals surface area contributed by atoms with Crippen LogP contribution in [-0.4, -0.2) is 63.9 Å². The van der Waals surface area contributed by atoms with Gasteiger partial charge in [-0.25, -0.2) is 0 Å². The fourth-order valence-corrected chi connectivity index (χ4v) is 9.92. The molecule has 0 aromatic rings. The molecule has 4 aliphatic rings. The minimum Gasteiger partial charge on any atom is -0.550 e. The maximum atomic E-state index is 12.1. The summed E-state index contributed by atoms with van der Waals surface area (Å²) >= 11 is 0. The number of hydrogen-bond donors (Lipinski definition) is 6. The average Bonchev–Trinajstić information content (AvgIpc) is 3.60. The third-order valence-corrected chi connectivity index (χ3v) is 13.0. The average molecular weight is 663 g/mol. The number of carbonyl (C=O) groups is 1. The fourth-order valence-electron chi connectivity index (χ4n) is 9.92. The van der Waals surface area contributed by atoms with E-state index < -0.39 is 23.6 Å². The van der Waals surface area contributed by atoms with E-state index in [1.54, 1.807) is 0 Å². The van der Waals surface area contributed by atoms with E-state index in [-0.39, 0.29) is 24.6 Å². The van der Waals surface area contributed by atoms with Gasteiger partial charge in [-0.1, -0.05) is 57.6 Å². The van der Waals surface area contributed by atoms with Gasteiger partial charge in [-0.05, 0) is 102 Å². The third kappa shape index (κ3) is 12.4. The first-order chi connectivity index (χ1) is 22.5. The number of allylic oxidation sites excluding steroid dienone is 1. The van der Waals surface area contributed by atoms with Gasteiger partial charge in [-0.15, -0.1) is 0 Å². The first kappa shape index (κ1) is 38.8. The molecule has 1 saturated heterocycles. The van der Waals surface area contributed by atoms with Gasteiger partial charge in [0.05, 0.1) is 36.4 Å². The molecule has 0 aromatic heterocycles. The maximum Gasteiger partial charge on any atom is 0.137 e. The van der Waals surface area contributed by atoms with Gasteiger partial charge in [0.15, 0.2) is 0 Å². The van der Waals surface area contributed by atoms with Crippen LogP contribution in [0.3, 0.4) is 0 Å². The molecule has 0 amide bonds. The minimum atomic E-state index is -1.18. The summed E-state index contributed by atoms with van der Waals surface area (Å²) in [5, 5.41) is 50.5. The zero-order valence-corrected chi connectivity index (χ0v) is 30.0. The van der Waals surface area contributed by atoms with Crippen LogP contribution in [0.5, 0.6) is 0 Å². The van der Waals surface area contributed by atoms with Crippen LogP contribution in [-0.2, 0) is 4.79 Å². The molecule has 272 valence electrons. The number of carbonyl (C=O) groups excluding carboxylic acids is 1. The number of carboxylic acids is 1. The SMILES string of the molecule is CCCCCC1C=CC(CCCCCC(C(=O)[O-])C(O)CCC2(O)CC(C[NH2+]C3(C)CCCC3)C(CC3CC[NH2+]C(N)C3)C2)C(O)C1. The zero-order valence-electron chi connectivity index (χ0n) is 30.0. The van der Waals surface area contributed by atoms with Crippen LogP contribution in [0.4, 0.5) is 0 Å². The highest BCUT2D eigenvalue weighted by molar-refractivity contribution is 5.68. The number of aliphatic carboxylic acids is 1. The highest BCUT2D eigenvalue weighted by atomic mass is 16.4. The van der Waals surface area contributed by atoms with Gasteiger partial charge in [-0.3, -0.25) is 5.73 Å². The van der Waals surface area contributed by atoms with Crippen LogP contribution in [0, 0.1) is 35.5 Å². The molecule has 10 atom stereocenters. The summed E-state index contributed by atoms with van der Waals surface area (Å²) in [4.78, 5) is 12.1. The second kappa shape index (κ2) is 18.8. The van der Waals surface area contributed by atoms with Crippen molar-refractivity contribution in [3.8, 4) is 0 Å². The Bertz CT molecular complexity index is 957. The second-order valence-electron chi connectivity index (χ2n) is 17.0. The van der Waals surface area contributed by atoms with Crippen LogP contribution in [0.2, 0.25) is 0 Å². The fraction of sp³-hybridized carbons (Fsp3) is 0.923. The van der Waals surface area contributed by atoms with Crippen molar-refractivity contribution in [1.82, 2.24) is 0 Å². The van der Waals surface area contributed by atoms with Gasteiger partial charge in [0, 0.05) is 43.0 Å². The van der Waals surface area contributed by atoms with Crippen molar-refractivity contribution in [3.63, 3.8) is 0 Å². The Morgan fingerprint density at radius 3 is 2.49 bits per heavy atom. The van der Waals surface area contributed by atoms with E-state index in [0.717, 1.165) is 70.9 Å². The van der Waals surface area contributed by atoms with Gasteiger partial charge in [-0.2, -0.15) is 0 Å². The largest absolute Gasteiger partial charge is 0.550 e. The van der Waals surface area contributed by atoms with Crippen LogP contribution < -0.4 is 21.5 Å². The lowest BCUT2D eigenvalue weighted by atomic mass is 9.81. The number of nitrogens with two attached hydrogens (primary N) is 3. The second-order valence-corrected chi connectivity index (χ2v) is 17.0. The normalized spacial score (nSPS) is 35.2. The molecule has 8 heteroatoms. The zero-order chi connectivity index (χ0) is 33.9. The number of hydrogen-bond acceptors (Lipinski definition) is 6. The van der Waals surface area contributed by atoms with Crippen molar-refractivity contribution in [2.24, 2.45) is 41.2 Å². The Labute approximate surface area is 286 Å². The van der Waals surface area contributed by atoms with E-state index in [4.69, 9.17) is 5.73 Å². The molecule has 3 aliphatic carbocycles. The van der Waals surface area contributed by atoms with Crippen LogP contribution in [0.25, 0.3) is 0 Å². The van der Waals surface area contributed by atoms with Gasteiger partial charge >= 0.3 is 0 Å². The molecule has 0 aromatic carbocycles. The first-order valence-corrected chi connectivity index (χ1v) is 19.9. The highest BCUT2D eigenvalue weighted by Gasteiger charge is 2.47. The quantitative estimate of drug-likeness (QED) is 0.0869. The van der Waals surface area contributed by atoms with E-state index in [1.165, 1.54) is 51.4 Å². The standard InChI is InChI=1S/C39H71N3O5/c1-3-4-6-11-28-14-15-30(35(44)23-28)12-7-5-8-13-33(37(45)46)34(43)16-20-39(47)25-31(22-29-17-21-41-36(40)24-29)32(26-39)27-42-38(2)18-9-10-19-38/h14-15,28-36,41-44,47H,3-13,16-27,40H2,1-2H3,(H,45,46)/p+1. The third-order valence-electron chi connectivity index (χ3n) is 13.0. The van der Waals surface area contributed by atoms with E-state index in [2.05, 4.69) is 36.6 Å². The predicted molar refractivity (Wildman–Crippen MR) is 185 cm³/mol. The van der Waals surface area contributed by atoms with Gasteiger partial charge in [0.25, 0.3) is 0 Å². The van der Waals surface area contributed by atoms with E-state index in [9.17, 15) is 25.2 Å². The number of rotatable bonds is 20. The summed E-state index contributed by atoms with van der Waals surface area (Å²) in [6.45, 7) is 6.72. The number of aliphatic hydroxyl groups is 3. The Balaban J connectivity index is 1.22. The molecule has 47 heavy (non-hydrogen) atoms. The molecule has 9 N–H and O–H groups in total. The van der Waals surface area contributed by atoms with Crippen molar-refractivity contribution < 1.29 is 35.9 Å². The van der Waals surface area contributed by atoms with Crippen molar-refractivity contribution in [3.05, 3.63) is 12.2 Å².